The molecule has 0 N–H and O–H groups in total. The van der Waals surface area contributed by atoms with Crippen molar-refractivity contribution in [3.63, 3.8) is 0 Å². The largest absolute Gasteiger partial charge is 0.299 e. The molecule has 1 aromatic carbocycles. The first-order valence-corrected chi connectivity index (χ1v) is 5.99. The molecule has 1 nitrogen and oxygen atoms in total. The Hall–Kier alpha value is -0.890. The molecule has 86 valence electrons. The van der Waals surface area contributed by atoms with Crippen molar-refractivity contribution in [2.24, 2.45) is 5.92 Å². The van der Waals surface area contributed by atoms with E-state index in [4.69, 9.17) is 11.6 Å². The maximum Gasteiger partial charge on any atom is 0.145 e. The number of rotatable bonds is 4. The van der Waals surface area contributed by atoms with Gasteiger partial charge in [0.2, 0.25) is 0 Å². The summed E-state index contributed by atoms with van der Waals surface area (Å²) in [4.78, 5) is 11.7. The number of halogens is 2. The zero-order valence-electron chi connectivity index (χ0n) is 9.01. The van der Waals surface area contributed by atoms with Crippen molar-refractivity contribution in [3.05, 3.63) is 34.6 Å². The second-order valence-electron chi connectivity index (χ2n) is 4.43. The number of benzene rings is 1. The van der Waals surface area contributed by atoms with E-state index in [1.807, 2.05) is 0 Å². The van der Waals surface area contributed by atoms with Crippen molar-refractivity contribution in [1.29, 1.82) is 0 Å². The molecular formula is C13H14ClFO. The lowest BCUT2D eigenvalue weighted by Crippen LogP contribution is -2.17. The molecule has 0 spiro atoms. The Balaban J connectivity index is 1.97. The van der Waals surface area contributed by atoms with E-state index in [1.165, 1.54) is 12.5 Å². The van der Waals surface area contributed by atoms with Crippen LogP contribution in [0.2, 0.25) is 5.02 Å². The number of Topliss-reactive ketones (excluding diaryl/α,β-unsaturated/α-hetero) is 1. The Bertz CT molecular complexity index is 399. The van der Waals surface area contributed by atoms with E-state index in [1.54, 1.807) is 12.1 Å². The van der Waals surface area contributed by atoms with Crippen LogP contribution in [0.4, 0.5) is 4.39 Å². The highest BCUT2D eigenvalue weighted by Crippen LogP contribution is 2.30. The van der Waals surface area contributed by atoms with Crippen molar-refractivity contribution in [3.8, 4) is 0 Å². The molecule has 0 radical (unpaired) electrons. The average Bonchev–Trinajstić information content (AvgIpc) is 2.19. The van der Waals surface area contributed by atoms with Gasteiger partial charge in [-0.3, -0.25) is 4.79 Å². The third-order valence-electron chi connectivity index (χ3n) is 3.16. The first-order valence-electron chi connectivity index (χ1n) is 5.61. The lowest BCUT2D eigenvalue weighted by atomic mass is 9.81. The molecule has 16 heavy (non-hydrogen) atoms. The number of hydrogen-bond donors (Lipinski definition) is 0. The summed E-state index contributed by atoms with van der Waals surface area (Å²) in [6.45, 7) is 0. The molecule has 1 aliphatic rings. The fourth-order valence-electron chi connectivity index (χ4n) is 1.99. The quantitative estimate of drug-likeness (QED) is 0.783. The highest BCUT2D eigenvalue weighted by atomic mass is 35.5. The smallest absolute Gasteiger partial charge is 0.145 e. The Morgan fingerprint density at radius 3 is 2.81 bits per heavy atom. The molecule has 0 amide bonds. The van der Waals surface area contributed by atoms with Crippen LogP contribution >= 0.6 is 11.6 Å². The predicted octanol–water partition coefficient (Wildman–Crippen LogP) is 3.78. The fraction of sp³-hybridized carbons (Fsp3) is 0.462. The van der Waals surface area contributed by atoms with Gasteiger partial charge in [0.05, 0.1) is 5.02 Å². The molecule has 0 heterocycles. The molecule has 1 saturated carbocycles. The Morgan fingerprint density at radius 1 is 1.44 bits per heavy atom. The van der Waals surface area contributed by atoms with Gasteiger partial charge in [-0.05, 0) is 17.5 Å². The zero-order valence-corrected chi connectivity index (χ0v) is 9.77. The maximum absolute atomic E-state index is 13.5. The highest BCUT2D eigenvalue weighted by molar-refractivity contribution is 6.30. The van der Waals surface area contributed by atoms with Crippen LogP contribution in [-0.4, -0.2) is 5.78 Å². The van der Waals surface area contributed by atoms with Crippen LogP contribution in [0.5, 0.6) is 0 Å². The first-order chi connectivity index (χ1) is 7.66. The molecule has 0 saturated heterocycles. The summed E-state index contributed by atoms with van der Waals surface area (Å²) in [6, 6.07) is 4.80. The molecule has 1 aromatic rings. The van der Waals surface area contributed by atoms with E-state index in [9.17, 15) is 9.18 Å². The Morgan fingerprint density at radius 2 is 2.19 bits per heavy atom. The number of ketones is 1. The second-order valence-corrected chi connectivity index (χ2v) is 4.84. The van der Waals surface area contributed by atoms with Crippen molar-refractivity contribution < 1.29 is 9.18 Å². The van der Waals surface area contributed by atoms with Crippen LogP contribution in [0.25, 0.3) is 0 Å². The topological polar surface area (TPSA) is 17.1 Å². The lowest BCUT2D eigenvalue weighted by molar-refractivity contribution is -0.119. The summed E-state index contributed by atoms with van der Waals surface area (Å²) in [5.74, 6) is 0.201. The van der Waals surface area contributed by atoms with Crippen molar-refractivity contribution in [2.45, 2.75) is 32.1 Å². The summed E-state index contributed by atoms with van der Waals surface area (Å²) < 4.78 is 13.5. The van der Waals surface area contributed by atoms with Crippen LogP contribution < -0.4 is 0 Å². The minimum absolute atomic E-state index is 0.0916. The van der Waals surface area contributed by atoms with Gasteiger partial charge < -0.3 is 0 Å². The average molecular weight is 241 g/mol. The summed E-state index contributed by atoms with van der Waals surface area (Å²) in [7, 11) is 0. The minimum atomic E-state index is -0.453. The van der Waals surface area contributed by atoms with E-state index in [0.29, 0.717) is 17.9 Å². The minimum Gasteiger partial charge on any atom is -0.299 e. The van der Waals surface area contributed by atoms with Gasteiger partial charge >= 0.3 is 0 Å². The van der Waals surface area contributed by atoms with Crippen molar-refractivity contribution in [2.75, 3.05) is 0 Å². The standard InChI is InChI=1S/C13H14ClFO/c14-12-6-2-5-10(13(12)15)8-11(16)7-9-3-1-4-9/h2,5-6,9H,1,3-4,7-8H2. The third kappa shape index (κ3) is 2.62. The van der Waals surface area contributed by atoms with Crippen molar-refractivity contribution >= 4 is 17.4 Å². The van der Waals surface area contributed by atoms with E-state index in [-0.39, 0.29) is 17.2 Å². The van der Waals surface area contributed by atoms with E-state index >= 15 is 0 Å². The van der Waals surface area contributed by atoms with Gasteiger partial charge in [0, 0.05) is 12.8 Å². The number of carbonyl (C=O) groups is 1. The van der Waals surface area contributed by atoms with Crippen LogP contribution in [0, 0.1) is 11.7 Å². The van der Waals surface area contributed by atoms with Gasteiger partial charge in [0.25, 0.3) is 0 Å². The normalized spacial score (nSPS) is 15.9. The zero-order chi connectivity index (χ0) is 11.5. The lowest BCUT2D eigenvalue weighted by Gasteiger charge is -2.24. The van der Waals surface area contributed by atoms with Crippen LogP contribution in [-0.2, 0) is 11.2 Å². The summed E-state index contributed by atoms with van der Waals surface area (Å²) in [5.41, 5.74) is 0.414. The molecule has 0 aliphatic heterocycles. The number of carbonyl (C=O) groups excluding carboxylic acids is 1. The SMILES string of the molecule is O=C(Cc1cccc(Cl)c1F)CC1CCC1. The molecule has 2 rings (SSSR count). The van der Waals surface area contributed by atoms with E-state index < -0.39 is 5.82 Å². The molecular weight excluding hydrogens is 227 g/mol. The molecule has 0 aromatic heterocycles. The van der Waals surface area contributed by atoms with Crippen molar-refractivity contribution in [1.82, 2.24) is 0 Å². The van der Waals surface area contributed by atoms with Crippen LogP contribution in [0.1, 0.15) is 31.2 Å². The molecule has 0 atom stereocenters. The summed E-state index contributed by atoms with van der Waals surface area (Å²) in [5, 5.41) is 0.0916. The Labute approximate surface area is 99.6 Å². The predicted molar refractivity (Wildman–Crippen MR) is 62.1 cm³/mol. The Kier molecular flexibility index (Phi) is 3.59. The van der Waals surface area contributed by atoms with Gasteiger partial charge in [0.15, 0.2) is 0 Å². The molecule has 0 unspecified atom stereocenters. The van der Waals surface area contributed by atoms with E-state index in [2.05, 4.69) is 0 Å². The number of hydrogen-bond acceptors (Lipinski definition) is 1. The first kappa shape index (κ1) is 11.6. The van der Waals surface area contributed by atoms with Gasteiger partial charge in [-0.25, -0.2) is 4.39 Å². The fourth-order valence-corrected chi connectivity index (χ4v) is 2.18. The molecule has 3 heteroatoms. The summed E-state index contributed by atoms with van der Waals surface area (Å²) in [6.07, 6.45) is 4.27. The van der Waals surface area contributed by atoms with E-state index in [0.717, 1.165) is 12.8 Å². The highest BCUT2D eigenvalue weighted by Gasteiger charge is 2.21. The maximum atomic E-state index is 13.5. The monoisotopic (exact) mass is 240 g/mol. The summed E-state index contributed by atoms with van der Waals surface area (Å²) >= 11 is 5.66. The second kappa shape index (κ2) is 4.96. The van der Waals surface area contributed by atoms with Crippen LogP contribution in [0.15, 0.2) is 18.2 Å². The van der Waals surface area contributed by atoms with Gasteiger partial charge in [-0.2, -0.15) is 0 Å². The van der Waals surface area contributed by atoms with Crippen LogP contribution in [0.3, 0.4) is 0 Å². The third-order valence-corrected chi connectivity index (χ3v) is 3.45. The molecule has 1 fully saturated rings. The van der Waals surface area contributed by atoms with Gasteiger partial charge in [-0.1, -0.05) is 43.0 Å². The molecule has 0 bridgehead atoms. The van der Waals surface area contributed by atoms with Gasteiger partial charge in [-0.15, -0.1) is 0 Å². The van der Waals surface area contributed by atoms with Gasteiger partial charge in [0.1, 0.15) is 11.6 Å². The molecule has 1 aliphatic carbocycles.